The third-order valence-corrected chi connectivity index (χ3v) is 5.79. The van der Waals surface area contributed by atoms with E-state index in [0.29, 0.717) is 18.8 Å². The molecule has 0 bridgehead atoms. The minimum atomic E-state index is -0.233. The zero-order valence-electron chi connectivity index (χ0n) is 22.3. The first-order valence-corrected chi connectivity index (χ1v) is 12.6. The molecule has 36 heavy (non-hydrogen) atoms. The molecule has 0 unspecified atom stereocenters. The lowest BCUT2D eigenvalue weighted by atomic mass is 9.99. The lowest BCUT2D eigenvalue weighted by Gasteiger charge is -2.27. The molecule has 2 aromatic carbocycles. The average Bonchev–Trinajstić information content (AvgIpc) is 3.35. The van der Waals surface area contributed by atoms with Gasteiger partial charge in [0.1, 0.15) is 11.4 Å². The van der Waals surface area contributed by atoms with Gasteiger partial charge >= 0.3 is 5.97 Å². The van der Waals surface area contributed by atoms with Gasteiger partial charge < -0.3 is 19.3 Å². The zero-order valence-corrected chi connectivity index (χ0v) is 22.3. The highest BCUT2D eigenvalue weighted by Gasteiger charge is 2.35. The summed E-state index contributed by atoms with van der Waals surface area (Å²) in [7, 11) is 0. The van der Waals surface area contributed by atoms with E-state index < -0.39 is 0 Å². The van der Waals surface area contributed by atoms with Crippen molar-refractivity contribution >= 4 is 18.1 Å². The molecule has 5 heteroatoms. The summed E-state index contributed by atoms with van der Waals surface area (Å²) in [6.07, 6.45) is 8.70. The second-order valence-electron chi connectivity index (χ2n) is 8.42. The van der Waals surface area contributed by atoms with Crippen molar-refractivity contribution in [1.82, 2.24) is 0 Å². The predicted octanol–water partition coefficient (Wildman–Crippen LogP) is 7.99. The number of phenols is 1. The van der Waals surface area contributed by atoms with Crippen LogP contribution in [-0.4, -0.2) is 29.9 Å². The van der Waals surface area contributed by atoms with E-state index >= 15 is 0 Å². The number of benzene rings is 2. The number of carbonyl (C=O) groups excluding carboxylic acids is 1. The van der Waals surface area contributed by atoms with Crippen molar-refractivity contribution in [2.24, 2.45) is 0 Å². The summed E-state index contributed by atoms with van der Waals surface area (Å²) in [5.41, 5.74) is 2.07. The van der Waals surface area contributed by atoms with E-state index in [1.807, 2.05) is 44.2 Å². The van der Waals surface area contributed by atoms with Gasteiger partial charge in [-0.1, -0.05) is 69.1 Å². The third-order valence-electron chi connectivity index (χ3n) is 5.79. The van der Waals surface area contributed by atoms with E-state index in [0.717, 1.165) is 41.9 Å². The first kappa shape index (κ1) is 30.6. The summed E-state index contributed by atoms with van der Waals surface area (Å²) in [4.78, 5) is 11.3. The van der Waals surface area contributed by atoms with Crippen molar-refractivity contribution in [2.75, 3.05) is 13.2 Å². The van der Waals surface area contributed by atoms with Crippen molar-refractivity contribution in [3.05, 3.63) is 78.9 Å². The molecular weight excluding hydrogens is 452 g/mol. The summed E-state index contributed by atoms with van der Waals surface area (Å²) < 4.78 is 16.4. The van der Waals surface area contributed by atoms with Gasteiger partial charge in [-0.15, -0.1) is 0 Å². The second kappa shape index (κ2) is 16.2. The highest BCUT2D eigenvalue weighted by atomic mass is 16.6. The van der Waals surface area contributed by atoms with Gasteiger partial charge in [-0.3, -0.25) is 0 Å². The Morgan fingerprint density at radius 1 is 0.944 bits per heavy atom. The summed E-state index contributed by atoms with van der Waals surface area (Å²) in [5.74, 6) is 1.62. The fourth-order valence-electron chi connectivity index (χ4n) is 3.75. The number of rotatable bonds is 9. The Bertz CT molecular complexity index is 986. The van der Waals surface area contributed by atoms with Gasteiger partial charge in [0.2, 0.25) is 0 Å². The molecule has 1 fully saturated rings. The number of hydrogen-bond acceptors (Lipinski definition) is 5. The first-order valence-electron chi connectivity index (χ1n) is 12.6. The molecule has 0 aromatic heterocycles. The molecular formula is C31H42O5. The molecule has 0 heterocycles. The Hall–Kier alpha value is -3.47. The Kier molecular flexibility index (Phi) is 13.8. The molecule has 3 rings (SSSR count). The van der Waals surface area contributed by atoms with Crippen molar-refractivity contribution in [3.63, 3.8) is 0 Å². The van der Waals surface area contributed by atoms with Crippen molar-refractivity contribution in [3.8, 4) is 17.2 Å². The summed E-state index contributed by atoms with van der Waals surface area (Å²) in [5, 5.41) is 9.04. The Morgan fingerprint density at radius 2 is 1.53 bits per heavy atom. The van der Waals surface area contributed by atoms with Crippen LogP contribution in [0.25, 0.3) is 12.2 Å². The Balaban J connectivity index is 0.000000276. The maximum atomic E-state index is 11.3. The van der Waals surface area contributed by atoms with Crippen LogP contribution < -0.4 is 9.47 Å². The van der Waals surface area contributed by atoms with Gasteiger partial charge in [-0.2, -0.15) is 0 Å². The number of aromatic hydroxyl groups is 1. The minimum absolute atomic E-state index is 0.171. The maximum absolute atomic E-state index is 11.3. The highest BCUT2D eigenvalue weighted by Crippen LogP contribution is 2.36. The number of hydrogen-bond donors (Lipinski definition) is 1. The molecule has 0 saturated heterocycles. The van der Waals surface area contributed by atoms with E-state index in [1.54, 1.807) is 31.2 Å². The number of esters is 1. The lowest BCUT2D eigenvalue weighted by molar-refractivity contribution is -0.154. The van der Waals surface area contributed by atoms with Crippen LogP contribution in [0.1, 0.15) is 70.9 Å². The molecule has 5 nitrogen and oxygen atoms in total. The first-order chi connectivity index (χ1) is 17.3. The summed E-state index contributed by atoms with van der Waals surface area (Å²) in [6, 6.07) is 12.9. The quantitative estimate of drug-likeness (QED) is 0.283. The van der Waals surface area contributed by atoms with Gasteiger partial charge in [0, 0.05) is 16.7 Å². The van der Waals surface area contributed by atoms with E-state index in [2.05, 4.69) is 26.7 Å². The van der Waals surface area contributed by atoms with Gasteiger partial charge in [0.25, 0.3) is 0 Å². The largest absolute Gasteiger partial charge is 0.507 e. The Labute approximate surface area is 217 Å². The topological polar surface area (TPSA) is 65.0 Å². The normalized spacial score (nSPS) is 13.1. The number of para-hydroxylation sites is 2. The molecule has 2 aromatic rings. The second-order valence-corrected chi connectivity index (χ2v) is 8.42. The van der Waals surface area contributed by atoms with E-state index in [4.69, 9.17) is 19.3 Å². The third kappa shape index (κ3) is 9.65. The highest BCUT2D eigenvalue weighted by molar-refractivity contribution is 5.87. The molecule has 0 aliphatic heterocycles. The van der Waals surface area contributed by atoms with Crippen LogP contribution in [0.2, 0.25) is 0 Å². The van der Waals surface area contributed by atoms with Crippen molar-refractivity contribution < 1.29 is 24.1 Å². The smallest absolute Gasteiger partial charge is 0.333 e. The predicted molar refractivity (Wildman–Crippen MR) is 149 cm³/mol. The maximum Gasteiger partial charge on any atom is 0.333 e. The molecule has 196 valence electrons. The minimum Gasteiger partial charge on any atom is -0.507 e. The number of phenolic OH excluding ortho intramolecular Hbond substituents is 1. The molecule has 1 N–H and O–H groups in total. The molecule has 0 spiro atoms. The molecule has 1 saturated carbocycles. The standard InChI is InChI=1S/C12H16O2.C11H18O2.C8H8O/c1-4-10-8-7-9-11(13-5-2)12(10)14-6-3;1-4-11(7-5-6-8-11)13-10(12)9(2)3;1-2-7-5-3-4-6-8(7)9/h4,7-9H,1,5-6H2,2-3H3;2,4-8H2,1,3H3;2-6,9H,1H2. The van der Waals surface area contributed by atoms with Gasteiger partial charge in [0.05, 0.1) is 13.2 Å². The van der Waals surface area contributed by atoms with E-state index in [9.17, 15) is 4.79 Å². The van der Waals surface area contributed by atoms with Gasteiger partial charge in [-0.05, 0) is 65.0 Å². The van der Waals surface area contributed by atoms with E-state index in [-0.39, 0.29) is 17.3 Å². The fraction of sp³-hybridized carbons (Fsp3) is 0.387. The SMILES string of the molecule is C=C(C)C(=O)OC1(CC)CCCC1.C=Cc1cccc(OCC)c1OCC.C=Cc1ccccc1O. The van der Waals surface area contributed by atoms with Crippen LogP contribution in [0.3, 0.4) is 0 Å². The summed E-state index contributed by atoms with van der Waals surface area (Å²) >= 11 is 0. The Morgan fingerprint density at radius 3 is 2.00 bits per heavy atom. The van der Waals surface area contributed by atoms with Crippen LogP contribution in [0, 0.1) is 0 Å². The van der Waals surface area contributed by atoms with Crippen LogP contribution >= 0.6 is 0 Å². The van der Waals surface area contributed by atoms with Crippen molar-refractivity contribution in [2.45, 2.75) is 65.4 Å². The van der Waals surface area contributed by atoms with Crippen LogP contribution in [-0.2, 0) is 9.53 Å². The molecule has 1 aliphatic rings. The fourth-order valence-corrected chi connectivity index (χ4v) is 3.75. The molecule has 1 aliphatic carbocycles. The molecule has 0 amide bonds. The van der Waals surface area contributed by atoms with Gasteiger partial charge in [0.15, 0.2) is 11.5 Å². The van der Waals surface area contributed by atoms with Crippen LogP contribution in [0.5, 0.6) is 17.2 Å². The van der Waals surface area contributed by atoms with Crippen LogP contribution in [0.15, 0.2) is 67.8 Å². The zero-order chi connectivity index (χ0) is 27.0. The number of carbonyl (C=O) groups is 1. The van der Waals surface area contributed by atoms with Gasteiger partial charge in [-0.25, -0.2) is 4.79 Å². The monoisotopic (exact) mass is 494 g/mol. The molecule has 0 atom stereocenters. The molecule has 0 radical (unpaired) electrons. The van der Waals surface area contributed by atoms with Crippen molar-refractivity contribution in [1.29, 1.82) is 0 Å². The lowest BCUT2D eigenvalue weighted by Crippen LogP contribution is -2.31. The average molecular weight is 495 g/mol. The van der Waals surface area contributed by atoms with E-state index in [1.165, 1.54) is 12.8 Å². The number of ether oxygens (including phenoxy) is 3. The van der Waals surface area contributed by atoms with Crippen LogP contribution in [0.4, 0.5) is 0 Å². The summed E-state index contributed by atoms with van der Waals surface area (Å²) in [6.45, 7) is 19.8.